The quantitative estimate of drug-likeness (QED) is 0.908. The first-order valence-electron chi connectivity index (χ1n) is 6.75. The molecular weight excluding hydrogens is 318 g/mol. The number of aromatic carboxylic acids is 1. The zero-order valence-corrected chi connectivity index (χ0v) is 13.8. The molecule has 2 aromatic rings. The molecule has 2 aromatic carbocycles. The van der Waals surface area contributed by atoms with Crippen molar-refractivity contribution in [2.24, 2.45) is 0 Å². The van der Waals surface area contributed by atoms with Crippen LogP contribution in [0, 0.1) is 6.92 Å². The standard InChI is InChI=1S/C16H17NO5S/c1-11-9-13(10-14(16(18)19)15(11)22-3)23(20,21)17(2)12-7-5-4-6-8-12/h4-10H,1-3H3,(H,18,19). The minimum Gasteiger partial charge on any atom is -0.496 e. The number of carboxylic acids is 1. The lowest BCUT2D eigenvalue weighted by Crippen LogP contribution is -2.27. The van der Waals surface area contributed by atoms with Crippen molar-refractivity contribution in [3.8, 4) is 5.75 Å². The molecule has 6 nitrogen and oxygen atoms in total. The number of nitrogens with zero attached hydrogens (tertiary/aromatic N) is 1. The molecule has 0 spiro atoms. The lowest BCUT2D eigenvalue weighted by atomic mass is 10.1. The van der Waals surface area contributed by atoms with Crippen LogP contribution in [0.4, 0.5) is 5.69 Å². The van der Waals surface area contributed by atoms with Gasteiger partial charge in [-0.25, -0.2) is 13.2 Å². The minimum atomic E-state index is -3.88. The molecule has 0 aliphatic rings. The molecule has 0 aliphatic carbocycles. The van der Waals surface area contributed by atoms with Gasteiger partial charge < -0.3 is 9.84 Å². The molecule has 0 unspecified atom stereocenters. The van der Waals surface area contributed by atoms with Gasteiger partial charge in [-0.3, -0.25) is 4.31 Å². The van der Waals surface area contributed by atoms with Crippen molar-refractivity contribution in [2.75, 3.05) is 18.5 Å². The molecule has 0 heterocycles. The van der Waals surface area contributed by atoms with E-state index in [0.29, 0.717) is 11.3 Å². The second kappa shape index (κ2) is 6.29. The van der Waals surface area contributed by atoms with Crippen molar-refractivity contribution < 1.29 is 23.1 Å². The van der Waals surface area contributed by atoms with Crippen molar-refractivity contribution in [2.45, 2.75) is 11.8 Å². The topological polar surface area (TPSA) is 83.9 Å². The molecule has 0 bridgehead atoms. The molecule has 0 aromatic heterocycles. The molecule has 0 radical (unpaired) electrons. The number of carboxylic acid groups (broad SMARTS) is 1. The average Bonchev–Trinajstić information content (AvgIpc) is 2.53. The van der Waals surface area contributed by atoms with Crippen LogP contribution >= 0.6 is 0 Å². The van der Waals surface area contributed by atoms with Crippen LogP contribution in [0.15, 0.2) is 47.4 Å². The van der Waals surface area contributed by atoms with E-state index in [0.717, 1.165) is 10.4 Å². The van der Waals surface area contributed by atoms with Crippen molar-refractivity contribution in [3.63, 3.8) is 0 Å². The highest BCUT2D eigenvalue weighted by atomic mass is 32.2. The first-order chi connectivity index (χ1) is 10.8. The summed E-state index contributed by atoms with van der Waals surface area (Å²) in [6.45, 7) is 1.60. The predicted octanol–water partition coefficient (Wildman–Crippen LogP) is 2.53. The fourth-order valence-corrected chi connectivity index (χ4v) is 3.56. The number of hydrogen-bond acceptors (Lipinski definition) is 4. The number of ether oxygens (including phenoxy) is 1. The summed E-state index contributed by atoms with van der Waals surface area (Å²) in [6.07, 6.45) is 0. The van der Waals surface area contributed by atoms with E-state index in [4.69, 9.17) is 4.74 Å². The Balaban J connectivity index is 2.59. The van der Waals surface area contributed by atoms with Gasteiger partial charge in [-0.1, -0.05) is 18.2 Å². The van der Waals surface area contributed by atoms with Crippen LogP contribution in [0.3, 0.4) is 0 Å². The van der Waals surface area contributed by atoms with E-state index in [1.807, 2.05) is 0 Å². The van der Waals surface area contributed by atoms with Crippen molar-refractivity contribution >= 4 is 21.7 Å². The average molecular weight is 335 g/mol. The number of methoxy groups -OCH3 is 1. The summed E-state index contributed by atoms with van der Waals surface area (Å²) < 4.78 is 31.7. The number of sulfonamides is 1. The molecule has 23 heavy (non-hydrogen) atoms. The predicted molar refractivity (Wildman–Crippen MR) is 86.7 cm³/mol. The second-order valence-corrected chi connectivity index (χ2v) is 6.90. The molecule has 0 amide bonds. The fourth-order valence-electron chi connectivity index (χ4n) is 2.25. The van der Waals surface area contributed by atoms with E-state index in [2.05, 4.69) is 0 Å². The Bertz CT molecular complexity index is 831. The largest absolute Gasteiger partial charge is 0.496 e. The first-order valence-corrected chi connectivity index (χ1v) is 8.19. The third kappa shape index (κ3) is 3.14. The van der Waals surface area contributed by atoms with Gasteiger partial charge >= 0.3 is 5.97 Å². The summed E-state index contributed by atoms with van der Waals surface area (Å²) in [6, 6.07) is 11.1. The SMILES string of the molecule is COc1c(C)cc(S(=O)(=O)N(C)c2ccccc2)cc1C(=O)O. The van der Waals surface area contributed by atoms with Crippen LogP contribution in [0.2, 0.25) is 0 Å². The fraction of sp³-hybridized carbons (Fsp3) is 0.188. The van der Waals surface area contributed by atoms with Crippen LogP contribution in [-0.4, -0.2) is 33.7 Å². The smallest absolute Gasteiger partial charge is 0.339 e. The zero-order chi connectivity index (χ0) is 17.2. The number of benzene rings is 2. The number of hydrogen-bond donors (Lipinski definition) is 1. The van der Waals surface area contributed by atoms with Gasteiger partial charge in [-0.2, -0.15) is 0 Å². The summed E-state index contributed by atoms with van der Waals surface area (Å²) in [5, 5.41) is 9.28. The molecule has 0 saturated carbocycles. The van der Waals surface area contributed by atoms with Gasteiger partial charge in [0.05, 0.1) is 17.7 Å². The van der Waals surface area contributed by atoms with Gasteiger partial charge in [0.25, 0.3) is 10.0 Å². The van der Waals surface area contributed by atoms with E-state index >= 15 is 0 Å². The number of carbonyl (C=O) groups is 1. The van der Waals surface area contributed by atoms with E-state index in [1.165, 1.54) is 20.2 Å². The van der Waals surface area contributed by atoms with Crippen molar-refractivity contribution in [3.05, 3.63) is 53.6 Å². The maximum Gasteiger partial charge on any atom is 0.339 e. The summed E-state index contributed by atoms with van der Waals surface area (Å²) in [4.78, 5) is 11.3. The highest BCUT2D eigenvalue weighted by Gasteiger charge is 2.25. The Morgan fingerprint density at radius 2 is 1.78 bits per heavy atom. The van der Waals surface area contributed by atoms with Gasteiger partial charge in [0.15, 0.2) is 0 Å². The summed E-state index contributed by atoms with van der Waals surface area (Å²) in [5.74, 6) is -1.09. The van der Waals surface area contributed by atoms with Gasteiger partial charge in [-0.05, 0) is 36.8 Å². The van der Waals surface area contributed by atoms with Crippen LogP contribution in [-0.2, 0) is 10.0 Å². The van der Waals surface area contributed by atoms with Crippen molar-refractivity contribution in [1.82, 2.24) is 0 Å². The molecule has 0 fully saturated rings. The third-order valence-corrected chi connectivity index (χ3v) is 5.22. The van der Waals surface area contributed by atoms with E-state index in [9.17, 15) is 18.3 Å². The Kier molecular flexibility index (Phi) is 4.60. The zero-order valence-electron chi connectivity index (χ0n) is 13.0. The Morgan fingerprint density at radius 3 is 2.30 bits per heavy atom. The van der Waals surface area contributed by atoms with Gasteiger partial charge in [0.1, 0.15) is 11.3 Å². The summed E-state index contributed by atoms with van der Waals surface area (Å²) >= 11 is 0. The Morgan fingerprint density at radius 1 is 1.17 bits per heavy atom. The number of aryl methyl sites for hydroxylation is 1. The Labute approximate surface area is 135 Å². The number of para-hydroxylation sites is 1. The van der Waals surface area contributed by atoms with E-state index < -0.39 is 16.0 Å². The maximum atomic E-state index is 12.8. The first kappa shape index (κ1) is 16.8. The van der Waals surface area contributed by atoms with E-state index in [-0.39, 0.29) is 16.2 Å². The molecule has 7 heteroatoms. The molecule has 122 valence electrons. The molecule has 2 rings (SSSR count). The maximum absolute atomic E-state index is 12.8. The monoisotopic (exact) mass is 335 g/mol. The normalized spacial score (nSPS) is 11.1. The summed E-state index contributed by atoms with van der Waals surface area (Å²) in [7, 11) is -1.11. The van der Waals surface area contributed by atoms with Crippen LogP contribution in [0.5, 0.6) is 5.75 Å². The second-order valence-electron chi connectivity index (χ2n) is 4.93. The van der Waals surface area contributed by atoms with Gasteiger partial charge in [0, 0.05) is 7.05 Å². The molecule has 0 aliphatic heterocycles. The molecule has 0 saturated heterocycles. The van der Waals surface area contributed by atoms with Crippen LogP contribution in [0.25, 0.3) is 0 Å². The number of anilines is 1. The number of rotatable bonds is 5. The van der Waals surface area contributed by atoms with Crippen molar-refractivity contribution in [1.29, 1.82) is 0 Å². The van der Waals surface area contributed by atoms with Gasteiger partial charge in [-0.15, -0.1) is 0 Å². The third-order valence-electron chi connectivity index (χ3n) is 3.46. The summed E-state index contributed by atoms with van der Waals surface area (Å²) in [5.41, 5.74) is 0.734. The van der Waals surface area contributed by atoms with E-state index in [1.54, 1.807) is 37.3 Å². The molecular formula is C16H17NO5S. The lowest BCUT2D eigenvalue weighted by Gasteiger charge is -2.20. The lowest BCUT2D eigenvalue weighted by molar-refractivity contribution is 0.0693. The van der Waals surface area contributed by atoms with Gasteiger partial charge in [0.2, 0.25) is 0 Å². The van der Waals surface area contributed by atoms with Crippen LogP contribution < -0.4 is 9.04 Å². The molecule has 1 N–H and O–H groups in total. The minimum absolute atomic E-state index is 0.0976. The highest BCUT2D eigenvalue weighted by Crippen LogP contribution is 2.30. The Hall–Kier alpha value is -2.54. The molecule has 0 atom stereocenters. The highest BCUT2D eigenvalue weighted by molar-refractivity contribution is 7.92. The van der Waals surface area contributed by atoms with Crippen LogP contribution in [0.1, 0.15) is 15.9 Å².